The van der Waals surface area contributed by atoms with Crippen LogP contribution >= 0.6 is 11.6 Å². The minimum absolute atomic E-state index is 0.0469. The number of anilines is 1. The molecule has 16 heavy (non-hydrogen) atoms. The van der Waals surface area contributed by atoms with E-state index in [-0.39, 0.29) is 10.7 Å². The molecule has 0 atom stereocenters. The summed E-state index contributed by atoms with van der Waals surface area (Å²) >= 11 is 5.83. The van der Waals surface area contributed by atoms with Gasteiger partial charge in [-0.25, -0.2) is 0 Å². The molecule has 0 amide bonds. The average Bonchev–Trinajstić information content (AvgIpc) is 2.25. The third-order valence-corrected chi connectivity index (χ3v) is 2.72. The molecule has 1 aromatic carbocycles. The van der Waals surface area contributed by atoms with Crippen LogP contribution in [0.15, 0.2) is 18.2 Å². The lowest BCUT2D eigenvalue weighted by Crippen LogP contribution is -2.18. The number of nitro groups is 1. The van der Waals surface area contributed by atoms with E-state index in [4.69, 9.17) is 11.6 Å². The Hall–Kier alpha value is -1.29. The minimum Gasteiger partial charge on any atom is -0.375 e. The van der Waals surface area contributed by atoms with E-state index in [1.165, 1.54) is 6.07 Å². The van der Waals surface area contributed by atoms with Crippen LogP contribution in [0.3, 0.4) is 0 Å². The van der Waals surface area contributed by atoms with Gasteiger partial charge in [-0.2, -0.15) is 0 Å². The van der Waals surface area contributed by atoms with Crippen LogP contribution in [0.5, 0.6) is 0 Å². The second-order valence-corrected chi connectivity index (χ2v) is 4.08. The molecule has 1 rings (SSSR count). The Morgan fingerprint density at radius 1 is 1.50 bits per heavy atom. The Balaban J connectivity index is 2.84. The van der Waals surface area contributed by atoms with Crippen LogP contribution in [0.4, 0.5) is 11.4 Å². The minimum atomic E-state index is -0.474. The summed E-state index contributed by atoms with van der Waals surface area (Å²) in [4.78, 5) is 12.1. The number of unbranched alkanes of at least 4 members (excludes halogenated alkanes) is 1. The first-order valence-corrected chi connectivity index (χ1v) is 5.59. The predicted molar refractivity (Wildman–Crippen MR) is 66.3 cm³/mol. The first-order chi connectivity index (χ1) is 7.56. The van der Waals surface area contributed by atoms with Crippen LogP contribution in [-0.2, 0) is 0 Å². The fraction of sp³-hybridized carbons (Fsp3) is 0.455. The molecule has 0 heterocycles. The Labute approximate surface area is 100.0 Å². The highest BCUT2D eigenvalue weighted by Crippen LogP contribution is 2.28. The molecule has 5 heteroatoms. The van der Waals surface area contributed by atoms with E-state index in [0.29, 0.717) is 0 Å². The lowest BCUT2D eigenvalue weighted by atomic mass is 10.2. The third kappa shape index (κ3) is 3.10. The number of benzene rings is 1. The molecule has 88 valence electrons. The summed E-state index contributed by atoms with van der Waals surface area (Å²) < 4.78 is 0. The molecule has 0 spiro atoms. The summed E-state index contributed by atoms with van der Waals surface area (Å²) in [6, 6.07) is 4.80. The maximum atomic E-state index is 10.6. The van der Waals surface area contributed by atoms with Crippen molar-refractivity contribution in [2.45, 2.75) is 19.8 Å². The molecule has 0 saturated heterocycles. The van der Waals surface area contributed by atoms with Crippen molar-refractivity contribution in [3.8, 4) is 0 Å². The number of rotatable bonds is 5. The van der Waals surface area contributed by atoms with Gasteiger partial charge in [0.2, 0.25) is 0 Å². The summed E-state index contributed by atoms with van der Waals surface area (Å²) in [5.74, 6) is 0. The SMILES string of the molecule is CCCCN(C)c1ccc([N+](=O)[O-])c(Cl)c1. The van der Waals surface area contributed by atoms with Crippen molar-refractivity contribution in [2.24, 2.45) is 0 Å². The first-order valence-electron chi connectivity index (χ1n) is 5.21. The van der Waals surface area contributed by atoms with Gasteiger partial charge >= 0.3 is 0 Å². The zero-order valence-corrected chi connectivity index (χ0v) is 10.2. The molecular formula is C11H15ClN2O2. The maximum absolute atomic E-state index is 10.6. The van der Waals surface area contributed by atoms with Gasteiger partial charge in [-0.1, -0.05) is 24.9 Å². The van der Waals surface area contributed by atoms with E-state index in [0.717, 1.165) is 25.1 Å². The number of nitrogens with zero attached hydrogens (tertiary/aromatic N) is 2. The molecular weight excluding hydrogens is 228 g/mol. The van der Waals surface area contributed by atoms with Crippen molar-refractivity contribution in [1.82, 2.24) is 0 Å². The number of halogens is 1. The normalized spacial score (nSPS) is 10.2. The number of hydrogen-bond acceptors (Lipinski definition) is 3. The molecule has 1 aromatic rings. The average molecular weight is 243 g/mol. The van der Waals surface area contributed by atoms with Crippen LogP contribution in [0.1, 0.15) is 19.8 Å². The molecule has 0 radical (unpaired) electrons. The van der Waals surface area contributed by atoms with E-state index in [1.54, 1.807) is 12.1 Å². The van der Waals surface area contributed by atoms with Crippen LogP contribution in [-0.4, -0.2) is 18.5 Å². The standard InChI is InChI=1S/C11H15ClN2O2/c1-3-4-7-13(2)9-5-6-11(14(15)16)10(12)8-9/h5-6,8H,3-4,7H2,1-2H3. The zero-order chi connectivity index (χ0) is 12.1. The summed E-state index contributed by atoms with van der Waals surface area (Å²) in [7, 11) is 1.95. The van der Waals surface area contributed by atoms with E-state index < -0.39 is 4.92 Å². The predicted octanol–water partition coefficient (Wildman–Crippen LogP) is 3.48. The van der Waals surface area contributed by atoms with Crippen LogP contribution in [0.2, 0.25) is 5.02 Å². The highest BCUT2D eigenvalue weighted by molar-refractivity contribution is 6.32. The molecule has 0 bridgehead atoms. The van der Waals surface area contributed by atoms with Gasteiger partial charge in [-0.05, 0) is 18.6 Å². The summed E-state index contributed by atoms with van der Waals surface area (Å²) in [6.07, 6.45) is 2.20. The Bertz CT molecular complexity index is 382. The molecule has 0 aromatic heterocycles. The number of hydrogen-bond donors (Lipinski definition) is 0. The first kappa shape index (κ1) is 12.8. The fourth-order valence-electron chi connectivity index (χ4n) is 1.41. The van der Waals surface area contributed by atoms with Gasteiger partial charge in [-0.3, -0.25) is 10.1 Å². The summed E-state index contributed by atoms with van der Waals surface area (Å²) in [5, 5.41) is 10.8. The van der Waals surface area contributed by atoms with Gasteiger partial charge in [0.15, 0.2) is 0 Å². The number of nitro benzene ring substituents is 1. The van der Waals surface area contributed by atoms with E-state index in [9.17, 15) is 10.1 Å². The summed E-state index contributed by atoms with van der Waals surface area (Å²) in [6.45, 7) is 3.04. The molecule has 0 aliphatic carbocycles. The van der Waals surface area contributed by atoms with Gasteiger partial charge < -0.3 is 4.90 Å². The lowest BCUT2D eigenvalue weighted by molar-refractivity contribution is -0.384. The van der Waals surface area contributed by atoms with E-state index in [2.05, 4.69) is 6.92 Å². The quantitative estimate of drug-likeness (QED) is 0.587. The highest BCUT2D eigenvalue weighted by atomic mass is 35.5. The second-order valence-electron chi connectivity index (χ2n) is 3.67. The fourth-order valence-corrected chi connectivity index (χ4v) is 1.65. The maximum Gasteiger partial charge on any atom is 0.288 e. The van der Waals surface area contributed by atoms with Crippen molar-refractivity contribution < 1.29 is 4.92 Å². The zero-order valence-electron chi connectivity index (χ0n) is 9.44. The lowest BCUT2D eigenvalue weighted by Gasteiger charge is -2.18. The van der Waals surface area contributed by atoms with Gasteiger partial charge in [0.05, 0.1) is 4.92 Å². The van der Waals surface area contributed by atoms with Gasteiger partial charge in [0, 0.05) is 25.3 Å². The van der Waals surface area contributed by atoms with Gasteiger partial charge in [0.25, 0.3) is 5.69 Å². The molecule has 0 saturated carbocycles. The Morgan fingerprint density at radius 2 is 2.19 bits per heavy atom. The molecule has 0 aliphatic heterocycles. The Morgan fingerprint density at radius 3 is 2.69 bits per heavy atom. The van der Waals surface area contributed by atoms with Crippen LogP contribution < -0.4 is 4.90 Å². The van der Waals surface area contributed by atoms with Crippen molar-refractivity contribution in [1.29, 1.82) is 0 Å². The molecule has 4 nitrogen and oxygen atoms in total. The molecule has 0 aliphatic rings. The summed E-state index contributed by atoms with van der Waals surface area (Å²) in [5.41, 5.74) is 0.860. The second kappa shape index (κ2) is 5.70. The van der Waals surface area contributed by atoms with Gasteiger partial charge in [0.1, 0.15) is 5.02 Å². The molecule has 0 N–H and O–H groups in total. The Kier molecular flexibility index (Phi) is 4.55. The topological polar surface area (TPSA) is 46.4 Å². The van der Waals surface area contributed by atoms with Gasteiger partial charge in [-0.15, -0.1) is 0 Å². The van der Waals surface area contributed by atoms with E-state index in [1.807, 2.05) is 11.9 Å². The van der Waals surface area contributed by atoms with Crippen LogP contribution in [0, 0.1) is 10.1 Å². The molecule has 0 unspecified atom stereocenters. The smallest absolute Gasteiger partial charge is 0.288 e. The van der Waals surface area contributed by atoms with Crippen LogP contribution in [0.25, 0.3) is 0 Å². The van der Waals surface area contributed by atoms with Crippen molar-refractivity contribution in [3.63, 3.8) is 0 Å². The largest absolute Gasteiger partial charge is 0.375 e. The highest BCUT2D eigenvalue weighted by Gasteiger charge is 2.13. The van der Waals surface area contributed by atoms with Crippen molar-refractivity contribution in [3.05, 3.63) is 33.3 Å². The molecule has 0 fully saturated rings. The van der Waals surface area contributed by atoms with Crippen molar-refractivity contribution >= 4 is 23.0 Å². The third-order valence-electron chi connectivity index (χ3n) is 2.42. The van der Waals surface area contributed by atoms with Crippen molar-refractivity contribution in [2.75, 3.05) is 18.5 Å². The van der Waals surface area contributed by atoms with E-state index >= 15 is 0 Å². The monoisotopic (exact) mass is 242 g/mol.